The summed E-state index contributed by atoms with van der Waals surface area (Å²) in [7, 11) is 1.73. The van der Waals surface area contributed by atoms with Gasteiger partial charge in [0.25, 0.3) is 11.5 Å². The molecule has 1 amide bonds. The number of hydrogen-bond acceptors (Lipinski definition) is 3. The number of carbonyl (C=O) groups is 1. The lowest BCUT2D eigenvalue weighted by molar-refractivity contribution is -0.112. The van der Waals surface area contributed by atoms with Gasteiger partial charge in [-0.05, 0) is 42.8 Å². The molecule has 1 heterocycles. The molecule has 1 aromatic heterocycles. The Hall–Kier alpha value is -3.56. The van der Waals surface area contributed by atoms with Crippen molar-refractivity contribution in [3.05, 3.63) is 86.8 Å². The van der Waals surface area contributed by atoms with E-state index in [0.717, 1.165) is 0 Å². The van der Waals surface area contributed by atoms with Gasteiger partial charge in [-0.2, -0.15) is 5.26 Å². The van der Waals surface area contributed by atoms with E-state index >= 15 is 0 Å². The zero-order chi connectivity index (χ0) is 20.3. The number of halogens is 1. The van der Waals surface area contributed by atoms with E-state index in [1.165, 1.54) is 10.8 Å². The molecule has 2 aromatic carbocycles. The molecule has 0 unspecified atom stereocenters. The fourth-order valence-corrected chi connectivity index (χ4v) is 3.00. The lowest BCUT2D eigenvalue weighted by Gasteiger charge is -2.07. The van der Waals surface area contributed by atoms with Crippen LogP contribution in [0, 0.1) is 18.3 Å². The minimum Gasteiger partial charge on any atom is -0.315 e. The Morgan fingerprint density at radius 1 is 1.18 bits per heavy atom. The van der Waals surface area contributed by atoms with Gasteiger partial charge in [0.2, 0.25) is 0 Å². The van der Waals surface area contributed by atoms with E-state index in [2.05, 4.69) is 5.32 Å². The summed E-state index contributed by atoms with van der Waals surface area (Å²) in [4.78, 5) is 25.5. The van der Waals surface area contributed by atoms with Crippen LogP contribution in [-0.4, -0.2) is 15.3 Å². The molecule has 3 rings (SSSR count). The van der Waals surface area contributed by atoms with E-state index in [9.17, 15) is 14.9 Å². The fourth-order valence-electron chi connectivity index (χ4n) is 2.80. The Bertz CT molecular complexity index is 1170. The summed E-state index contributed by atoms with van der Waals surface area (Å²) < 4.78 is 3.11. The van der Waals surface area contributed by atoms with Crippen LogP contribution in [0.5, 0.6) is 0 Å². The van der Waals surface area contributed by atoms with Gasteiger partial charge in [0.15, 0.2) is 0 Å². The summed E-state index contributed by atoms with van der Waals surface area (Å²) in [5.74, 6) is -0.659. The van der Waals surface area contributed by atoms with Gasteiger partial charge in [-0.25, -0.2) is 4.68 Å². The van der Waals surface area contributed by atoms with Crippen LogP contribution in [0.4, 0.5) is 5.69 Å². The number of anilines is 1. The van der Waals surface area contributed by atoms with Gasteiger partial charge in [0.1, 0.15) is 17.3 Å². The molecule has 1 N–H and O–H groups in total. The van der Waals surface area contributed by atoms with Gasteiger partial charge in [-0.1, -0.05) is 41.9 Å². The highest BCUT2D eigenvalue weighted by Gasteiger charge is 2.19. The molecule has 6 nitrogen and oxygen atoms in total. The van der Waals surface area contributed by atoms with Crippen molar-refractivity contribution < 1.29 is 4.79 Å². The minimum atomic E-state index is -0.659. The van der Waals surface area contributed by atoms with Crippen LogP contribution in [0.1, 0.15) is 11.3 Å². The third kappa shape index (κ3) is 3.75. The van der Waals surface area contributed by atoms with Gasteiger partial charge < -0.3 is 5.32 Å². The number of nitrogens with one attached hydrogen (secondary N) is 1. The lowest BCUT2D eigenvalue weighted by atomic mass is 10.1. The summed E-state index contributed by atoms with van der Waals surface area (Å²) in [6.07, 6.45) is 1.43. The average Bonchev–Trinajstić information content (AvgIpc) is 2.90. The quantitative estimate of drug-likeness (QED) is 0.543. The maximum atomic E-state index is 12.9. The first-order chi connectivity index (χ1) is 13.4. The number of benzene rings is 2. The van der Waals surface area contributed by atoms with Crippen LogP contribution in [-0.2, 0) is 11.8 Å². The number of hydrogen-bond donors (Lipinski definition) is 1. The molecule has 0 aliphatic carbocycles. The number of amides is 1. The maximum absolute atomic E-state index is 12.9. The standard InChI is InChI=1S/C21H17ClN4O2/c1-14-19(21(28)26(25(14)2)18-9-4-3-5-10-18)24-20(27)16(13-23)11-15-7-6-8-17(22)12-15/h3-12H,1-2H3,(H,24,27). The van der Waals surface area contributed by atoms with Gasteiger partial charge in [-0.15, -0.1) is 0 Å². The molecule has 0 spiro atoms. The van der Waals surface area contributed by atoms with E-state index in [1.807, 2.05) is 24.3 Å². The number of nitrogens with zero attached hydrogens (tertiary/aromatic N) is 3. The summed E-state index contributed by atoms with van der Waals surface area (Å²) >= 11 is 5.94. The normalized spacial score (nSPS) is 11.1. The third-order valence-corrected chi connectivity index (χ3v) is 4.55. The molecule has 3 aromatic rings. The van der Waals surface area contributed by atoms with Crippen molar-refractivity contribution in [2.45, 2.75) is 6.92 Å². The van der Waals surface area contributed by atoms with Crippen molar-refractivity contribution in [1.29, 1.82) is 5.26 Å². The number of rotatable bonds is 4. The third-order valence-electron chi connectivity index (χ3n) is 4.32. The Balaban J connectivity index is 1.96. The first kappa shape index (κ1) is 19.2. The maximum Gasteiger partial charge on any atom is 0.295 e. The topological polar surface area (TPSA) is 79.8 Å². The molecule has 0 aliphatic rings. The molecule has 0 atom stereocenters. The zero-order valence-corrected chi connectivity index (χ0v) is 16.1. The highest BCUT2D eigenvalue weighted by atomic mass is 35.5. The molecule has 0 fully saturated rings. The average molecular weight is 393 g/mol. The zero-order valence-electron chi connectivity index (χ0n) is 15.3. The summed E-state index contributed by atoms with van der Waals surface area (Å²) in [6.45, 7) is 1.73. The van der Waals surface area contributed by atoms with Crippen LogP contribution >= 0.6 is 11.6 Å². The summed E-state index contributed by atoms with van der Waals surface area (Å²) in [5.41, 5.74) is 1.49. The van der Waals surface area contributed by atoms with Crippen molar-refractivity contribution in [2.75, 3.05) is 5.32 Å². The van der Waals surface area contributed by atoms with Gasteiger partial charge in [-0.3, -0.25) is 14.3 Å². The van der Waals surface area contributed by atoms with Crippen LogP contribution in [0.3, 0.4) is 0 Å². The second-order valence-electron chi connectivity index (χ2n) is 6.12. The van der Waals surface area contributed by atoms with Crippen molar-refractivity contribution >= 4 is 29.3 Å². The van der Waals surface area contributed by atoms with E-state index in [4.69, 9.17) is 11.6 Å². The second-order valence-corrected chi connectivity index (χ2v) is 6.55. The number of aromatic nitrogens is 2. The van der Waals surface area contributed by atoms with Gasteiger partial charge >= 0.3 is 0 Å². The molecule has 7 heteroatoms. The van der Waals surface area contributed by atoms with E-state index in [-0.39, 0.29) is 16.8 Å². The summed E-state index contributed by atoms with van der Waals surface area (Å²) in [5, 5.41) is 12.5. The fraction of sp³-hybridized carbons (Fsp3) is 0.0952. The van der Waals surface area contributed by atoms with Crippen molar-refractivity contribution in [3.8, 4) is 11.8 Å². The molecule has 28 heavy (non-hydrogen) atoms. The molecule has 140 valence electrons. The summed E-state index contributed by atoms with van der Waals surface area (Å²) in [6, 6.07) is 17.8. The monoisotopic (exact) mass is 392 g/mol. The largest absolute Gasteiger partial charge is 0.315 e. The van der Waals surface area contributed by atoms with Crippen LogP contribution in [0.15, 0.2) is 65.0 Å². The number of para-hydroxylation sites is 1. The van der Waals surface area contributed by atoms with Crippen LogP contribution < -0.4 is 10.9 Å². The molecule has 0 bridgehead atoms. The van der Waals surface area contributed by atoms with E-state index < -0.39 is 5.91 Å². The van der Waals surface area contributed by atoms with Crippen LogP contribution in [0.2, 0.25) is 5.02 Å². The Morgan fingerprint density at radius 2 is 1.89 bits per heavy atom. The predicted molar refractivity (Wildman–Crippen MR) is 109 cm³/mol. The highest BCUT2D eigenvalue weighted by Crippen LogP contribution is 2.17. The first-order valence-electron chi connectivity index (χ1n) is 8.45. The number of nitriles is 1. The smallest absolute Gasteiger partial charge is 0.295 e. The molecular formula is C21H17ClN4O2. The molecular weight excluding hydrogens is 376 g/mol. The van der Waals surface area contributed by atoms with Gasteiger partial charge in [0, 0.05) is 12.1 Å². The van der Waals surface area contributed by atoms with Crippen molar-refractivity contribution in [3.63, 3.8) is 0 Å². The van der Waals surface area contributed by atoms with Gasteiger partial charge in [0.05, 0.1) is 11.4 Å². The lowest BCUT2D eigenvalue weighted by Crippen LogP contribution is -2.23. The molecule has 0 aliphatic heterocycles. The Morgan fingerprint density at radius 3 is 2.54 bits per heavy atom. The first-order valence-corrected chi connectivity index (χ1v) is 8.83. The van der Waals surface area contributed by atoms with E-state index in [0.29, 0.717) is 22.0 Å². The predicted octanol–water partition coefficient (Wildman–Crippen LogP) is 3.68. The van der Waals surface area contributed by atoms with Crippen molar-refractivity contribution in [1.82, 2.24) is 9.36 Å². The Labute approximate surface area is 166 Å². The Kier molecular flexibility index (Phi) is 5.48. The molecule has 0 saturated heterocycles. The van der Waals surface area contributed by atoms with E-state index in [1.54, 1.807) is 55.1 Å². The SMILES string of the molecule is Cc1c(NC(=O)C(C#N)=Cc2cccc(Cl)c2)c(=O)n(-c2ccccc2)n1C. The van der Waals surface area contributed by atoms with Crippen LogP contribution in [0.25, 0.3) is 11.8 Å². The molecule has 0 radical (unpaired) electrons. The second kappa shape index (κ2) is 7.99. The minimum absolute atomic E-state index is 0.128. The highest BCUT2D eigenvalue weighted by molar-refractivity contribution is 6.30. The molecule has 0 saturated carbocycles. The van der Waals surface area contributed by atoms with Crippen molar-refractivity contribution in [2.24, 2.45) is 7.05 Å². The number of carbonyl (C=O) groups excluding carboxylic acids is 1.